The van der Waals surface area contributed by atoms with E-state index >= 15 is 0 Å². The summed E-state index contributed by atoms with van der Waals surface area (Å²) in [5, 5.41) is 2.81. The monoisotopic (exact) mass is 247 g/mol. The summed E-state index contributed by atoms with van der Waals surface area (Å²) in [6.07, 6.45) is 3.89. The van der Waals surface area contributed by atoms with Crippen molar-refractivity contribution in [1.82, 2.24) is 4.98 Å². The Morgan fingerprint density at radius 2 is 2.07 bits per heavy atom. The number of aromatic nitrogens is 1. The number of benzene rings is 1. The van der Waals surface area contributed by atoms with Crippen molar-refractivity contribution in [3.8, 4) is 0 Å². The van der Waals surface area contributed by atoms with E-state index in [0.29, 0.717) is 14.5 Å². The maximum absolute atomic E-state index is 4.18. The van der Waals surface area contributed by atoms with Crippen LogP contribution in [-0.4, -0.2) is 19.5 Å². The van der Waals surface area contributed by atoms with E-state index in [0.717, 1.165) is 0 Å². The van der Waals surface area contributed by atoms with Crippen LogP contribution in [0.3, 0.4) is 0 Å². The summed E-state index contributed by atoms with van der Waals surface area (Å²) in [5.41, 5.74) is 1.42. The zero-order chi connectivity index (χ0) is 9.54. The molecular weight excluding hydrogens is 237 g/mol. The quantitative estimate of drug-likeness (QED) is 0.556. The van der Waals surface area contributed by atoms with Gasteiger partial charge in [-0.2, -0.15) is 0 Å². The van der Waals surface area contributed by atoms with Crippen LogP contribution in [0, 0.1) is 6.92 Å². The SMILES string of the molecule is Cc1cccc2c1[se]c1cnccc12. The van der Waals surface area contributed by atoms with Gasteiger partial charge in [-0.25, -0.2) is 0 Å². The second-order valence-corrected chi connectivity index (χ2v) is 5.63. The molecule has 14 heavy (non-hydrogen) atoms. The predicted molar refractivity (Wildman–Crippen MR) is 60.9 cm³/mol. The van der Waals surface area contributed by atoms with Crippen molar-refractivity contribution in [1.29, 1.82) is 0 Å². The molecule has 0 saturated carbocycles. The van der Waals surface area contributed by atoms with E-state index in [4.69, 9.17) is 0 Å². The molecule has 3 rings (SSSR count). The Kier molecular flexibility index (Phi) is 1.73. The Hall–Kier alpha value is -1.11. The Balaban J connectivity index is 2.63. The Morgan fingerprint density at radius 3 is 3.00 bits per heavy atom. The van der Waals surface area contributed by atoms with Gasteiger partial charge in [-0.1, -0.05) is 0 Å². The molecule has 0 aliphatic carbocycles. The van der Waals surface area contributed by atoms with Gasteiger partial charge in [-0.3, -0.25) is 0 Å². The summed E-state index contributed by atoms with van der Waals surface area (Å²) in [5.74, 6) is 0. The number of nitrogens with zero attached hydrogens (tertiary/aromatic N) is 1. The Labute approximate surface area is 88.1 Å². The van der Waals surface area contributed by atoms with E-state index in [1.807, 2.05) is 12.4 Å². The summed E-state index contributed by atoms with van der Waals surface area (Å²) in [7, 11) is 0. The summed E-state index contributed by atoms with van der Waals surface area (Å²) in [6.45, 7) is 2.19. The minimum atomic E-state index is 0.463. The second-order valence-electron chi connectivity index (χ2n) is 3.43. The van der Waals surface area contributed by atoms with E-state index in [-0.39, 0.29) is 0 Å². The van der Waals surface area contributed by atoms with Crippen LogP contribution in [0.25, 0.3) is 19.3 Å². The molecule has 68 valence electrons. The van der Waals surface area contributed by atoms with Crippen molar-refractivity contribution >= 4 is 33.8 Å². The number of fused-ring (bicyclic) bond motifs is 3. The van der Waals surface area contributed by atoms with Crippen LogP contribution in [-0.2, 0) is 0 Å². The summed E-state index contributed by atoms with van der Waals surface area (Å²) >= 11 is 0.463. The predicted octanol–water partition coefficient (Wildman–Crippen LogP) is 2.75. The van der Waals surface area contributed by atoms with E-state index < -0.39 is 0 Å². The van der Waals surface area contributed by atoms with E-state index in [2.05, 4.69) is 36.2 Å². The first-order chi connectivity index (χ1) is 6.86. The van der Waals surface area contributed by atoms with Gasteiger partial charge in [-0.15, -0.1) is 0 Å². The topological polar surface area (TPSA) is 12.9 Å². The van der Waals surface area contributed by atoms with Crippen LogP contribution in [0.5, 0.6) is 0 Å². The standard InChI is InChI=1S/C12H9NSe/c1-8-3-2-4-10-9-5-6-13-7-11(9)14-12(8)10/h2-7H,1H3. The first-order valence-corrected chi connectivity index (χ1v) is 6.29. The number of pyridine rings is 1. The molecule has 0 aliphatic heterocycles. The molecule has 0 fully saturated rings. The van der Waals surface area contributed by atoms with Crippen molar-refractivity contribution < 1.29 is 0 Å². The molecule has 1 aromatic carbocycles. The molecule has 2 aromatic heterocycles. The number of hydrogen-bond donors (Lipinski definition) is 0. The molecule has 0 unspecified atom stereocenters. The normalized spacial score (nSPS) is 11.2. The number of hydrogen-bond acceptors (Lipinski definition) is 1. The van der Waals surface area contributed by atoms with Gasteiger partial charge in [0.15, 0.2) is 0 Å². The number of aryl methyl sites for hydroxylation is 1. The Bertz CT molecular complexity index is 610. The Morgan fingerprint density at radius 1 is 1.14 bits per heavy atom. The van der Waals surface area contributed by atoms with Crippen LogP contribution in [0.4, 0.5) is 0 Å². The summed E-state index contributed by atoms with van der Waals surface area (Å²) < 4.78 is 2.95. The average Bonchev–Trinajstić information content (AvgIpc) is 2.59. The summed E-state index contributed by atoms with van der Waals surface area (Å²) in [4.78, 5) is 4.18. The van der Waals surface area contributed by atoms with Gasteiger partial charge in [0.1, 0.15) is 0 Å². The van der Waals surface area contributed by atoms with Crippen molar-refractivity contribution in [2.24, 2.45) is 0 Å². The van der Waals surface area contributed by atoms with E-state index in [9.17, 15) is 0 Å². The maximum atomic E-state index is 4.18. The second kappa shape index (κ2) is 2.94. The van der Waals surface area contributed by atoms with Crippen LogP contribution >= 0.6 is 0 Å². The van der Waals surface area contributed by atoms with Gasteiger partial charge in [0, 0.05) is 0 Å². The fourth-order valence-corrected chi connectivity index (χ4v) is 4.18. The molecule has 0 saturated heterocycles. The molecule has 0 atom stereocenters. The fourth-order valence-electron chi connectivity index (χ4n) is 1.79. The third-order valence-corrected chi connectivity index (χ3v) is 5.21. The zero-order valence-electron chi connectivity index (χ0n) is 7.82. The van der Waals surface area contributed by atoms with Crippen LogP contribution in [0.1, 0.15) is 5.56 Å². The van der Waals surface area contributed by atoms with Crippen molar-refractivity contribution in [3.05, 3.63) is 42.2 Å². The van der Waals surface area contributed by atoms with E-state index in [1.165, 1.54) is 24.9 Å². The molecule has 0 amide bonds. The van der Waals surface area contributed by atoms with Crippen LogP contribution in [0.2, 0.25) is 0 Å². The van der Waals surface area contributed by atoms with Gasteiger partial charge in [0.25, 0.3) is 0 Å². The third-order valence-electron chi connectivity index (χ3n) is 2.50. The van der Waals surface area contributed by atoms with Crippen LogP contribution < -0.4 is 0 Å². The van der Waals surface area contributed by atoms with Gasteiger partial charge in [0.05, 0.1) is 0 Å². The van der Waals surface area contributed by atoms with Crippen molar-refractivity contribution in [2.45, 2.75) is 6.92 Å². The van der Waals surface area contributed by atoms with Crippen molar-refractivity contribution in [2.75, 3.05) is 0 Å². The molecule has 1 nitrogen and oxygen atoms in total. The van der Waals surface area contributed by atoms with Crippen LogP contribution in [0.15, 0.2) is 36.7 Å². The average molecular weight is 246 g/mol. The van der Waals surface area contributed by atoms with Gasteiger partial charge in [0.2, 0.25) is 0 Å². The van der Waals surface area contributed by atoms with Gasteiger partial charge >= 0.3 is 87.9 Å². The first kappa shape index (κ1) is 8.22. The molecular formula is C12H9NSe. The molecule has 0 N–H and O–H groups in total. The molecule has 0 radical (unpaired) electrons. The molecule has 2 heterocycles. The van der Waals surface area contributed by atoms with Crippen molar-refractivity contribution in [3.63, 3.8) is 0 Å². The molecule has 3 aromatic rings. The zero-order valence-corrected chi connectivity index (χ0v) is 9.53. The molecule has 0 bridgehead atoms. The molecule has 2 heteroatoms. The van der Waals surface area contributed by atoms with Gasteiger partial charge in [-0.05, 0) is 0 Å². The third kappa shape index (κ3) is 1.05. The minimum absolute atomic E-state index is 0.463. The summed E-state index contributed by atoms with van der Waals surface area (Å²) in [6, 6.07) is 8.68. The molecule has 0 aliphatic rings. The number of rotatable bonds is 0. The first-order valence-electron chi connectivity index (χ1n) is 4.58. The fraction of sp³-hybridized carbons (Fsp3) is 0.0833. The van der Waals surface area contributed by atoms with E-state index in [1.54, 1.807) is 0 Å². The molecule has 0 spiro atoms. The van der Waals surface area contributed by atoms with Gasteiger partial charge < -0.3 is 0 Å².